The molecule has 3 N–H and O–H groups in total. The van der Waals surface area contributed by atoms with Crippen molar-refractivity contribution in [1.29, 1.82) is 0 Å². The van der Waals surface area contributed by atoms with Gasteiger partial charge < -0.3 is 14.8 Å². The smallest absolute Gasteiger partial charge is 0.226 e. The van der Waals surface area contributed by atoms with Gasteiger partial charge in [-0.15, -0.1) is 0 Å². The van der Waals surface area contributed by atoms with E-state index in [9.17, 15) is 4.79 Å². The largest absolute Gasteiger partial charge is 0.497 e. The molecule has 142 valence electrons. The predicted octanol–water partition coefficient (Wildman–Crippen LogP) is 1.83. The Labute approximate surface area is 159 Å². The topological polar surface area (TPSA) is 71.6 Å². The summed E-state index contributed by atoms with van der Waals surface area (Å²) in [5.74, 6) is 1.79. The predicted molar refractivity (Wildman–Crippen MR) is 103 cm³/mol. The van der Waals surface area contributed by atoms with Gasteiger partial charge in [-0.1, -0.05) is 30.3 Å². The van der Waals surface area contributed by atoms with Gasteiger partial charge in [0.25, 0.3) is 0 Å². The Morgan fingerprint density at radius 2 is 2.11 bits per heavy atom. The van der Waals surface area contributed by atoms with E-state index in [4.69, 9.17) is 9.47 Å². The average Bonchev–Trinajstić information content (AvgIpc) is 3.20. The van der Waals surface area contributed by atoms with Crippen LogP contribution in [0.3, 0.4) is 0 Å². The van der Waals surface area contributed by atoms with Crippen LogP contribution in [-0.2, 0) is 11.2 Å². The normalized spacial score (nSPS) is 24.0. The fourth-order valence-electron chi connectivity index (χ4n) is 3.78. The van der Waals surface area contributed by atoms with Crippen molar-refractivity contribution < 1.29 is 14.3 Å². The Kier molecular flexibility index (Phi) is 5.27. The Balaban J connectivity index is 1.35. The molecule has 0 bridgehead atoms. The molecule has 27 heavy (non-hydrogen) atoms. The first kappa shape index (κ1) is 17.8. The Bertz CT molecular complexity index is 797. The van der Waals surface area contributed by atoms with Crippen molar-refractivity contribution in [2.75, 3.05) is 26.8 Å². The first-order chi connectivity index (χ1) is 13.2. The van der Waals surface area contributed by atoms with Gasteiger partial charge in [0.05, 0.1) is 19.1 Å². The van der Waals surface area contributed by atoms with Crippen LogP contribution in [0.25, 0.3) is 0 Å². The maximum atomic E-state index is 12.7. The van der Waals surface area contributed by atoms with Crippen LogP contribution in [0.5, 0.6) is 11.5 Å². The van der Waals surface area contributed by atoms with E-state index in [2.05, 4.69) is 28.3 Å². The molecule has 4 rings (SSSR count). The molecule has 0 radical (unpaired) electrons. The maximum Gasteiger partial charge on any atom is 0.226 e. The Morgan fingerprint density at radius 1 is 1.26 bits per heavy atom. The first-order valence-corrected chi connectivity index (χ1v) is 9.35. The second-order valence-electron chi connectivity index (χ2n) is 7.10. The minimum absolute atomic E-state index is 0.0437. The van der Waals surface area contributed by atoms with Crippen LogP contribution in [0.15, 0.2) is 48.5 Å². The molecule has 6 heteroatoms. The van der Waals surface area contributed by atoms with Crippen molar-refractivity contribution >= 4 is 5.91 Å². The van der Waals surface area contributed by atoms with Crippen LogP contribution in [0.4, 0.5) is 0 Å². The van der Waals surface area contributed by atoms with Crippen molar-refractivity contribution in [3.05, 3.63) is 59.7 Å². The number of hydrogen-bond acceptors (Lipinski definition) is 5. The fourth-order valence-corrected chi connectivity index (χ4v) is 3.78. The average molecular weight is 367 g/mol. The highest BCUT2D eigenvalue weighted by Gasteiger charge is 2.31. The number of rotatable bonds is 5. The van der Waals surface area contributed by atoms with E-state index in [1.54, 1.807) is 7.11 Å². The van der Waals surface area contributed by atoms with E-state index in [1.165, 1.54) is 5.56 Å². The van der Waals surface area contributed by atoms with Crippen molar-refractivity contribution in [2.24, 2.45) is 11.8 Å². The summed E-state index contributed by atoms with van der Waals surface area (Å²) in [6, 6.07) is 16.2. The van der Waals surface area contributed by atoms with E-state index in [1.807, 2.05) is 36.4 Å². The third-order valence-corrected chi connectivity index (χ3v) is 5.34. The van der Waals surface area contributed by atoms with Crippen LogP contribution in [0, 0.1) is 11.8 Å². The lowest BCUT2D eigenvalue weighted by Crippen LogP contribution is -2.40. The number of fused-ring (bicyclic) bond motifs is 1. The standard InChI is InChI=1S/C21H25N3O3/c1-26-18-7-8-19-15(10-18)9-16(13-27-19)21(25)22-11-17-12-23-24-20(17)14-5-3-2-4-6-14/h2-8,10,16-17,20,23-24H,9,11-13H2,1H3,(H,22,25). The third kappa shape index (κ3) is 3.91. The summed E-state index contributed by atoms with van der Waals surface area (Å²) in [5, 5.41) is 3.12. The number of amides is 1. The Hall–Kier alpha value is -2.57. The zero-order valence-electron chi connectivity index (χ0n) is 15.4. The summed E-state index contributed by atoms with van der Waals surface area (Å²) in [7, 11) is 1.64. The van der Waals surface area contributed by atoms with Gasteiger partial charge in [0.15, 0.2) is 0 Å². The van der Waals surface area contributed by atoms with Gasteiger partial charge in [0.2, 0.25) is 5.91 Å². The lowest BCUT2D eigenvalue weighted by molar-refractivity contribution is -0.126. The fraction of sp³-hybridized carbons (Fsp3) is 0.381. The zero-order chi connectivity index (χ0) is 18.6. The number of hydrazine groups is 1. The molecule has 3 unspecified atom stereocenters. The molecular formula is C21H25N3O3. The summed E-state index contributed by atoms with van der Waals surface area (Å²) in [6.07, 6.45) is 0.668. The number of benzene rings is 2. The minimum Gasteiger partial charge on any atom is -0.497 e. The number of nitrogens with one attached hydrogen (secondary N) is 3. The van der Waals surface area contributed by atoms with E-state index >= 15 is 0 Å². The second-order valence-corrected chi connectivity index (χ2v) is 7.10. The Morgan fingerprint density at radius 3 is 2.93 bits per heavy atom. The molecular weight excluding hydrogens is 342 g/mol. The molecule has 2 aliphatic rings. The van der Waals surface area contributed by atoms with Crippen molar-refractivity contribution in [3.63, 3.8) is 0 Å². The van der Waals surface area contributed by atoms with Gasteiger partial charge in [-0.3, -0.25) is 10.2 Å². The van der Waals surface area contributed by atoms with E-state index in [-0.39, 0.29) is 17.9 Å². The summed E-state index contributed by atoms with van der Waals surface area (Å²) < 4.78 is 11.1. The summed E-state index contributed by atoms with van der Waals surface area (Å²) in [6.45, 7) is 1.86. The van der Waals surface area contributed by atoms with Crippen molar-refractivity contribution in [3.8, 4) is 11.5 Å². The highest BCUT2D eigenvalue weighted by Crippen LogP contribution is 2.31. The van der Waals surface area contributed by atoms with Crippen LogP contribution in [0.1, 0.15) is 17.2 Å². The SMILES string of the molecule is COc1ccc2c(c1)CC(C(=O)NCC1CNNC1c1ccccc1)CO2. The summed E-state index contributed by atoms with van der Waals surface area (Å²) in [5.41, 5.74) is 8.77. The quantitative estimate of drug-likeness (QED) is 0.752. The minimum atomic E-state index is -0.179. The zero-order valence-corrected chi connectivity index (χ0v) is 15.4. The van der Waals surface area contributed by atoms with Crippen LogP contribution in [0.2, 0.25) is 0 Å². The molecule has 6 nitrogen and oxygen atoms in total. The monoisotopic (exact) mass is 367 g/mol. The van der Waals surface area contributed by atoms with Crippen LogP contribution < -0.4 is 25.6 Å². The van der Waals surface area contributed by atoms with E-state index in [0.717, 1.165) is 23.6 Å². The lowest BCUT2D eigenvalue weighted by atomic mass is 9.93. The van der Waals surface area contributed by atoms with Gasteiger partial charge in [-0.05, 0) is 35.7 Å². The number of ether oxygens (including phenoxy) is 2. The highest BCUT2D eigenvalue weighted by atomic mass is 16.5. The second kappa shape index (κ2) is 7.98. The van der Waals surface area contributed by atoms with Crippen molar-refractivity contribution in [2.45, 2.75) is 12.5 Å². The number of hydrogen-bond donors (Lipinski definition) is 3. The molecule has 0 aliphatic carbocycles. The number of carbonyl (C=O) groups excluding carboxylic acids is 1. The van der Waals surface area contributed by atoms with Gasteiger partial charge in [-0.2, -0.15) is 0 Å². The highest BCUT2D eigenvalue weighted by molar-refractivity contribution is 5.79. The molecule has 2 aliphatic heterocycles. The van der Waals surface area contributed by atoms with Crippen LogP contribution >= 0.6 is 0 Å². The van der Waals surface area contributed by atoms with Crippen molar-refractivity contribution in [1.82, 2.24) is 16.2 Å². The van der Waals surface area contributed by atoms with E-state index in [0.29, 0.717) is 25.5 Å². The molecule has 2 heterocycles. The molecule has 1 saturated heterocycles. The molecule has 0 spiro atoms. The third-order valence-electron chi connectivity index (χ3n) is 5.34. The number of methoxy groups -OCH3 is 1. The first-order valence-electron chi connectivity index (χ1n) is 9.35. The van der Waals surface area contributed by atoms with Crippen LogP contribution in [-0.4, -0.2) is 32.7 Å². The lowest BCUT2D eigenvalue weighted by Gasteiger charge is -2.26. The molecule has 0 saturated carbocycles. The van der Waals surface area contributed by atoms with Gasteiger partial charge in [0, 0.05) is 19.0 Å². The molecule has 2 aromatic rings. The molecule has 1 amide bonds. The van der Waals surface area contributed by atoms with E-state index < -0.39 is 0 Å². The molecule has 3 atom stereocenters. The summed E-state index contributed by atoms with van der Waals surface area (Å²) in [4.78, 5) is 12.7. The molecule has 1 fully saturated rings. The molecule has 2 aromatic carbocycles. The van der Waals surface area contributed by atoms with Gasteiger partial charge in [0.1, 0.15) is 18.1 Å². The molecule has 0 aromatic heterocycles. The maximum absolute atomic E-state index is 12.7. The van der Waals surface area contributed by atoms with Gasteiger partial charge in [-0.25, -0.2) is 5.43 Å². The van der Waals surface area contributed by atoms with Gasteiger partial charge >= 0.3 is 0 Å². The number of carbonyl (C=O) groups is 1. The summed E-state index contributed by atoms with van der Waals surface area (Å²) >= 11 is 0.